The van der Waals surface area contributed by atoms with E-state index in [2.05, 4.69) is 16.0 Å². The van der Waals surface area contributed by atoms with E-state index < -0.39 is 0 Å². The number of amides is 2. The fraction of sp³-hybridized carbons (Fsp3) is 0.222. The lowest BCUT2D eigenvalue weighted by Crippen LogP contribution is -2.22. The largest absolute Gasteiger partial charge is 0.376 e. The molecule has 0 bridgehead atoms. The van der Waals surface area contributed by atoms with Gasteiger partial charge >= 0.3 is 0 Å². The molecule has 0 heterocycles. The highest BCUT2D eigenvalue weighted by atomic mass is 35.5. The summed E-state index contributed by atoms with van der Waals surface area (Å²) in [6.07, 6.45) is 0. The second-order valence-corrected chi connectivity index (χ2v) is 6.07. The lowest BCUT2D eigenvalue weighted by atomic mass is 10.2. The predicted octanol–water partition coefficient (Wildman–Crippen LogP) is 3.99. The molecule has 126 valence electrons. The van der Waals surface area contributed by atoms with Crippen LogP contribution in [-0.4, -0.2) is 18.4 Å². The molecule has 0 radical (unpaired) electrons. The zero-order valence-electron chi connectivity index (χ0n) is 13.6. The monoisotopic (exact) mass is 345 g/mol. The van der Waals surface area contributed by atoms with Crippen LogP contribution in [0, 0.1) is 5.92 Å². The van der Waals surface area contributed by atoms with Crippen molar-refractivity contribution in [2.45, 2.75) is 13.8 Å². The second kappa shape index (κ2) is 8.36. The van der Waals surface area contributed by atoms with Crippen LogP contribution in [0.15, 0.2) is 48.5 Å². The van der Waals surface area contributed by atoms with Gasteiger partial charge in [0.25, 0.3) is 0 Å². The van der Waals surface area contributed by atoms with Crippen molar-refractivity contribution in [2.75, 3.05) is 22.5 Å². The summed E-state index contributed by atoms with van der Waals surface area (Å²) in [6.45, 7) is 3.77. The molecule has 6 heteroatoms. The van der Waals surface area contributed by atoms with Gasteiger partial charge in [-0.15, -0.1) is 0 Å². The van der Waals surface area contributed by atoms with Crippen LogP contribution in [0.5, 0.6) is 0 Å². The Morgan fingerprint density at radius 1 is 0.958 bits per heavy atom. The highest BCUT2D eigenvalue weighted by Gasteiger charge is 2.08. The maximum Gasteiger partial charge on any atom is 0.243 e. The first-order valence-corrected chi connectivity index (χ1v) is 8.02. The molecule has 24 heavy (non-hydrogen) atoms. The Labute approximate surface area is 146 Å². The summed E-state index contributed by atoms with van der Waals surface area (Å²) in [5.41, 5.74) is 2.09. The average Bonchev–Trinajstić information content (AvgIpc) is 2.54. The van der Waals surface area contributed by atoms with Gasteiger partial charge in [-0.05, 0) is 42.5 Å². The van der Waals surface area contributed by atoms with E-state index in [9.17, 15) is 9.59 Å². The quantitative estimate of drug-likeness (QED) is 0.741. The summed E-state index contributed by atoms with van der Waals surface area (Å²) in [5, 5.41) is 9.24. The summed E-state index contributed by atoms with van der Waals surface area (Å²) < 4.78 is 0. The zero-order chi connectivity index (χ0) is 17.5. The number of rotatable bonds is 6. The van der Waals surface area contributed by atoms with Crippen LogP contribution in [0.3, 0.4) is 0 Å². The molecule has 5 nitrogen and oxygen atoms in total. The van der Waals surface area contributed by atoms with Crippen LogP contribution in [0.2, 0.25) is 5.02 Å². The molecule has 0 spiro atoms. The molecule has 0 aliphatic carbocycles. The van der Waals surface area contributed by atoms with E-state index >= 15 is 0 Å². The molecule has 2 aromatic rings. The highest BCUT2D eigenvalue weighted by Crippen LogP contribution is 2.16. The van der Waals surface area contributed by atoms with E-state index in [4.69, 9.17) is 11.6 Å². The van der Waals surface area contributed by atoms with Gasteiger partial charge in [0.05, 0.1) is 6.54 Å². The van der Waals surface area contributed by atoms with Gasteiger partial charge in [-0.2, -0.15) is 0 Å². The molecule has 0 fully saturated rings. The van der Waals surface area contributed by atoms with E-state index in [0.29, 0.717) is 16.4 Å². The first-order chi connectivity index (χ1) is 11.4. The average molecular weight is 346 g/mol. The first-order valence-electron chi connectivity index (χ1n) is 7.64. The lowest BCUT2D eigenvalue weighted by molar-refractivity contribution is -0.119. The Bertz CT molecular complexity index is 714. The number of halogens is 1. The normalized spacial score (nSPS) is 10.3. The smallest absolute Gasteiger partial charge is 0.243 e. The molecule has 0 saturated carbocycles. The first kappa shape index (κ1) is 17.8. The topological polar surface area (TPSA) is 70.2 Å². The third-order valence-corrected chi connectivity index (χ3v) is 3.49. The Balaban J connectivity index is 1.89. The molecule has 0 aromatic heterocycles. The van der Waals surface area contributed by atoms with Gasteiger partial charge in [0, 0.05) is 28.0 Å². The number of carbonyl (C=O) groups is 2. The summed E-state index contributed by atoms with van der Waals surface area (Å²) in [7, 11) is 0. The molecular weight excluding hydrogens is 326 g/mol. The predicted molar refractivity (Wildman–Crippen MR) is 98.5 cm³/mol. The van der Waals surface area contributed by atoms with Crippen molar-refractivity contribution >= 4 is 40.5 Å². The maximum atomic E-state index is 12.0. The van der Waals surface area contributed by atoms with Crippen LogP contribution in [0.25, 0.3) is 0 Å². The highest BCUT2D eigenvalue weighted by molar-refractivity contribution is 6.30. The molecule has 0 atom stereocenters. The van der Waals surface area contributed by atoms with Gasteiger partial charge in [-0.3, -0.25) is 9.59 Å². The standard InChI is InChI=1S/C18H20ClN3O2/c1-12(2)18(24)22-16-5-3-4-15(10-16)21-17(23)11-20-14-8-6-13(19)7-9-14/h3-10,12,20H,11H2,1-2H3,(H,21,23)(H,22,24). The third-order valence-electron chi connectivity index (χ3n) is 3.24. The van der Waals surface area contributed by atoms with Gasteiger partial charge in [-0.1, -0.05) is 31.5 Å². The Kier molecular flexibility index (Phi) is 6.21. The van der Waals surface area contributed by atoms with Crippen LogP contribution < -0.4 is 16.0 Å². The second-order valence-electron chi connectivity index (χ2n) is 5.63. The molecule has 2 rings (SSSR count). The minimum Gasteiger partial charge on any atom is -0.376 e. The van der Waals surface area contributed by atoms with Crippen molar-refractivity contribution in [1.82, 2.24) is 0 Å². The third kappa shape index (κ3) is 5.59. The Morgan fingerprint density at radius 2 is 1.58 bits per heavy atom. The number of nitrogens with one attached hydrogen (secondary N) is 3. The minimum absolute atomic E-state index is 0.0668. The van der Waals surface area contributed by atoms with Crippen molar-refractivity contribution in [2.24, 2.45) is 5.92 Å². The van der Waals surface area contributed by atoms with E-state index in [0.717, 1.165) is 5.69 Å². The van der Waals surface area contributed by atoms with Crippen LogP contribution in [-0.2, 0) is 9.59 Å². The van der Waals surface area contributed by atoms with Crippen molar-refractivity contribution in [3.05, 3.63) is 53.6 Å². The van der Waals surface area contributed by atoms with Crippen molar-refractivity contribution in [3.8, 4) is 0 Å². The number of hydrogen-bond donors (Lipinski definition) is 3. The van der Waals surface area contributed by atoms with Gasteiger partial charge in [0.2, 0.25) is 11.8 Å². The summed E-state index contributed by atoms with van der Waals surface area (Å²) in [5.74, 6) is -0.355. The van der Waals surface area contributed by atoms with E-state index in [1.54, 1.807) is 48.5 Å². The molecule has 0 unspecified atom stereocenters. The fourth-order valence-corrected chi connectivity index (χ4v) is 2.04. The fourth-order valence-electron chi connectivity index (χ4n) is 1.92. The van der Waals surface area contributed by atoms with Crippen LogP contribution >= 0.6 is 11.6 Å². The summed E-state index contributed by atoms with van der Waals surface area (Å²) >= 11 is 5.81. The minimum atomic E-state index is -0.183. The van der Waals surface area contributed by atoms with Crippen molar-refractivity contribution in [1.29, 1.82) is 0 Å². The van der Waals surface area contributed by atoms with Crippen LogP contribution in [0.1, 0.15) is 13.8 Å². The molecule has 0 saturated heterocycles. The van der Waals surface area contributed by atoms with Gasteiger partial charge in [-0.25, -0.2) is 0 Å². The van der Waals surface area contributed by atoms with Gasteiger partial charge < -0.3 is 16.0 Å². The molecule has 0 aliphatic heterocycles. The number of anilines is 3. The zero-order valence-corrected chi connectivity index (χ0v) is 14.4. The molecule has 2 aromatic carbocycles. The summed E-state index contributed by atoms with van der Waals surface area (Å²) in [4.78, 5) is 23.7. The van der Waals surface area contributed by atoms with Crippen LogP contribution in [0.4, 0.5) is 17.1 Å². The SMILES string of the molecule is CC(C)C(=O)Nc1cccc(NC(=O)CNc2ccc(Cl)cc2)c1. The van der Waals surface area contributed by atoms with Gasteiger partial charge in [0.1, 0.15) is 0 Å². The Morgan fingerprint density at radius 3 is 2.21 bits per heavy atom. The molecule has 3 N–H and O–H groups in total. The molecule has 2 amide bonds. The van der Waals surface area contributed by atoms with E-state index in [-0.39, 0.29) is 24.3 Å². The molecule has 0 aliphatic rings. The maximum absolute atomic E-state index is 12.0. The summed E-state index contributed by atoms with van der Waals surface area (Å²) in [6, 6.07) is 14.2. The number of benzene rings is 2. The van der Waals surface area contributed by atoms with Gasteiger partial charge in [0.15, 0.2) is 0 Å². The molecular formula is C18H20ClN3O2. The number of hydrogen-bond acceptors (Lipinski definition) is 3. The van der Waals surface area contributed by atoms with E-state index in [1.165, 1.54) is 0 Å². The van der Waals surface area contributed by atoms with E-state index in [1.807, 2.05) is 13.8 Å². The number of carbonyl (C=O) groups excluding carboxylic acids is 2. The Hall–Kier alpha value is -2.53. The van der Waals surface area contributed by atoms with Crippen molar-refractivity contribution < 1.29 is 9.59 Å². The van der Waals surface area contributed by atoms with Crippen molar-refractivity contribution in [3.63, 3.8) is 0 Å². The lowest BCUT2D eigenvalue weighted by Gasteiger charge is -2.11.